The lowest BCUT2D eigenvalue weighted by Gasteiger charge is -2.16. The lowest BCUT2D eigenvalue weighted by atomic mass is 9.95. The summed E-state index contributed by atoms with van der Waals surface area (Å²) in [6.07, 6.45) is 0.0318. The maximum atomic E-state index is 13.1. The topological polar surface area (TPSA) is 51.2 Å². The van der Waals surface area contributed by atoms with E-state index < -0.39 is 37.8 Å². The van der Waals surface area contributed by atoms with Gasteiger partial charge in [-0.05, 0) is 17.7 Å². The molecule has 0 N–H and O–H groups in total. The van der Waals surface area contributed by atoms with E-state index in [2.05, 4.69) is 0 Å². The maximum Gasteiger partial charge on any atom is 0.501 e. The van der Waals surface area contributed by atoms with Gasteiger partial charge in [0.25, 0.3) is 9.84 Å². The van der Waals surface area contributed by atoms with Crippen LogP contribution >= 0.6 is 0 Å². The van der Waals surface area contributed by atoms with Crippen LogP contribution in [0.2, 0.25) is 0 Å². The lowest BCUT2D eigenvalue weighted by molar-refractivity contribution is -0.119. The quantitative estimate of drug-likeness (QED) is 0.802. The van der Waals surface area contributed by atoms with Crippen molar-refractivity contribution in [1.29, 1.82) is 0 Å². The van der Waals surface area contributed by atoms with E-state index in [0.29, 0.717) is 0 Å². The second-order valence-corrected chi connectivity index (χ2v) is 6.08. The van der Waals surface area contributed by atoms with Crippen LogP contribution in [0.4, 0.5) is 17.6 Å². The highest BCUT2D eigenvalue weighted by Gasteiger charge is 2.48. The highest BCUT2D eigenvalue weighted by atomic mass is 32.2. The summed E-state index contributed by atoms with van der Waals surface area (Å²) < 4.78 is 73.7. The van der Waals surface area contributed by atoms with Crippen LogP contribution in [0.25, 0.3) is 0 Å². The minimum atomic E-state index is -5.71. The van der Waals surface area contributed by atoms with Gasteiger partial charge in [-0.3, -0.25) is 4.79 Å². The van der Waals surface area contributed by atoms with Crippen molar-refractivity contribution < 1.29 is 30.8 Å². The molecule has 1 unspecified atom stereocenters. The SMILES string of the molecule is CCC(=O)C(C)c1ccc(F)cc1S(=O)(=O)C(F)(F)F. The van der Waals surface area contributed by atoms with Crippen molar-refractivity contribution in [1.82, 2.24) is 0 Å². The van der Waals surface area contributed by atoms with Gasteiger partial charge < -0.3 is 0 Å². The Kier molecular flexibility index (Phi) is 4.58. The first-order chi connectivity index (χ1) is 9.02. The first-order valence-corrected chi connectivity index (χ1v) is 7.14. The van der Waals surface area contributed by atoms with E-state index in [0.717, 1.165) is 12.1 Å². The van der Waals surface area contributed by atoms with Crippen LogP contribution in [0.3, 0.4) is 0 Å². The molecule has 0 amide bonds. The van der Waals surface area contributed by atoms with Crippen LogP contribution in [0.1, 0.15) is 31.7 Å². The molecular weight excluding hydrogens is 300 g/mol. The zero-order valence-electron chi connectivity index (χ0n) is 10.7. The van der Waals surface area contributed by atoms with Crippen LogP contribution in [-0.4, -0.2) is 19.7 Å². The molecule has 0 heterocycles. The fraction of sp³-hybridized carbons (Fsp3) is 0.417. The summed E-state index contributed by atoms with van der Waals surface area (Å²) >= 11 is 0. The normalized spacial score (nSPS) is 14.1. The molecule has 3 nitrogen and oxygen atoms in total. The molecule has 0 bridgehead atoms. The molecule has 0 aliphatic heterocycles. The summed E-state index contributed by atoms with van der Waals surface area (Å²) in [4.78, 5) is 10.3. The van der Waals surface area contributed by atoms with Crippen molar-refractivity contribution in [2.75, 3.05) is 0 Å². The summed E-state index contributed by atoms with van der Waals surface area (Å²) in [5, 5.41) is 0. The Hall–Kier alpha value is -1.44. The molecule has 1 aromatic carbocycles. The lowest BCUT2D eigenvalue weighted by Crippen LogP contribution is -2.25. The predicted molar refractivity (Wildman–Crippen MR) is 63.4 cm³/mol. The molecule has 1 aromatic rings. The van der Waals surface area contributed by atoms with Gasteiger partial charge in [0.1, 0.15) is 11.6 Å². The highest BCUT2D eigenvalue weighted by Crippen LogP contribution is 2.35. The Labute approximate surface area is 113 Å². The second kappa shape index (κ2) is 5.51. The third-order valence-electron chi connectivity index (χ3n) is 2.87. The zero-order chi connectivity index (χ0) is 15.7. The van der Waals surface area contributed by atoms with Gasteiger partial charge in [-0.25, -0.2) is 12.8 Å². The number of carbonyl (C=O) groups excluding carboxylic acids is 1. The van der Waals surface area contributed by atoms with Crippen LogP contribution < -0.4 is 0 Å². The summed E-state index contributed by atoms with van der Waals surface area (Å²) in [5.74, 6) is -2.62. The fourth-order valence-electron chi connectivity index (χ4n) is 1.70. The average molecular weight is 312 g/mol. The number of benzene rings is 1. The molecule has 112 valence electrons. The summed E-state index contributed by atoms with van der Waals surface area (Å²) in [5.41, 5.74) is -5.90. The molecule has 0 saturated carbocycles. The van der Waals surface area contributed by atoms with Gasteiger partial charge in [0.15, 0.2) is 0 Å². The number of halogens is 4. The summed E-state index contributed by atoms with van der Waals surface area (Å²) in [6.45, 7) is 2.79. The number of sulfone groups is 1. The fourth-order valence-corrected chi connectivity index (χ4v) is 2.78. The van der Waals surface area contributed by atoms with Gasteiger partial charge in [0.2, 0.25) is 0 Å². The number of carbonyl (C=O) groups is 1. The van der Waals surface area contributed by atoms with Gasteiger partial charge in [-0.2, -0.15) is 13.2 Å². The van der Waals surface area contributed by atoms with Gasteiger partial charge >= 0.3 is 5.51 Å². The zero-order valence-corrected chi connectivity index (χ0v) is 11.5. The van der Waals surface area contributed by atoms with Crippen molar-refractivity contribution in [3.8, 4) is 0 Å². The van der Waals surface area contributed by atoms with E-state index in [9.17, 15) is 30.8 Å². The predicted octanol–water partition coefficient (Wildman–Crippen LogP) is 3.20. The molecule has 1 rings (SSSR count). The third kappa shape index (κ3) is 3.00. The number of ketones is 1. The Bertz CT molecular complexity index is 620. The Morgan fingerprint density at radius 2 is 1.85 bits per heavy atom. The van der Waals surface area contributed by atoms with Crippen LogP contribution in [-0.2, 0) is 14.6 Å². The van der Waals surface area contributed by atoms with Gasteiger partial charge in [0, 0.05) is 12.3 Å². The molecule has 0 aliphatic carbocycles. The molecule has 1 atom stereocenters. The highest BCUT2D eigenvalue weighted by molar-refractivity contribution is 7.92. The number of alkyl halides is 3. The molecule has 0 aromatic heterocycles. The average Bonchev–Trinajstić information content (AvgIpc) is 2.35. The molecule has 0 aliphatic rings. The first-order valence-electron chi connectivity index (χ1n) is 5.66. The van der Waals surface area contributed by atoms with E-state index in [-0.39, 0.29) is 18.1 Å². The third-order valence-corrected chi connectivity index (χ3v) is 4.41. The number of hydrogen-bond acceptors (Lipinski definition) is 3. The largest absolute Gasteiger partial charge is 0.501 e. The van der Waals surface area contributed by atoms with Crippen LogP contribution in [0.15, 0.2) is 23.1 Å². The Morgan fingerprint density at radius 1 is 1.30 bits per heavy atom. The molecule has 0 spiro atoms. The van der Waals surface area contributed by atoms with Crippen LogP contribution in [0, 0.1) is 5.82 Å². The molecular formula is C12H12F4O3S. The molecule has 20 heavy (non-hydrogen) atoms. The van der Waals surface area contributed by atoms with E-state index in [4.69, 9.17) is 0 Å². The minimum Gasteiger partial charge on any atom is -0.299 e. The van der Waals surface area contributed by atoms with Crippen LogP contribution in [0.5, 0.6) is 0 Å². The molecule has 0 fully saturated rings. The van der Waals surface area contributed by atoms with Gasteiger partial charge in [-0.15, -0.1) is 0 Å². The Balaban J connectivity index is 3.55. The molecule has 0 saturated heterocycles. The number of rotatable bonds is 4. The smallest absolute Gasteiger partial charge is 0.299 e. The Morgan fingerprint density at radius 3 is 2.30 bits per heavy atom. The minimum absolute atomic E-state index is 0.0318. The monoisotopic (exact) mass is 312 g/mol. The first kappa shape index (κ1) is 16.6. The van der Waals surface area contributed by atoms with Gasteiger partial charge in [0.05, 0.1) is 4.90 Å². The van der Waals surface area contributed by atoms with Crippen molar-refractivity contribution >= 4 is 15.6 Å². The molecule has 0 radical (unpaired) electrons. The second-order valence-electron chi connectivity index (χ2n) is 4.17. The van der Waals surface area contributed by atoms with Gasteiger partial charge in [-0.1, -0.05) is 19.9 Å². The van der Waals surface area contributed by atoms with E-state index >= 15 is 0 Å². The van der Waals surface area contributed by atoms with Crippen molar-refractivity contribution in [2.24, 2.45) is 0 Å². The van der Waals surface area contributed by atoms with Crippen molar-refractivity contribution in [3.63, 3.8) is 0 Å². The van der Waals surface area contributed by atoms with Crippen molar-refractivity contribution in [3.05, 3.63) is 29.6 Å². The van der Waals surface area contributed by atoms with E-state index in [1.807, 2.05) is 0 Å². The van der Waals surface area contributed by atoms with E-state index in [1.165, 1.54) is 13.8 Å². The maximum absolute atomic E-state index is 13.1. The standard InChI is InChI=1S/C12H12F4O3S/c1-3-10(17)7(2)9-5-4-8(13)6-11(9)20(18,19)12(14,15)16/h4-7H,3H2,1-2H3. The molecule has 8 heteroatoms. The van der Waals surface area contributed by atoms with E-state index in [1.54, 1.807) is 0 Å². The van der Waals surface area contributed by atoms with Crippen molar-refractivity contribution in [2.45, 2.75) is 36.6 Å². The summed E-state index contributed by atoms with van der Waals surface area (Å²) in [6, 6.07) is 2.01. The number of hydrogen-bond donors (Lipinski definition) is 0. The summed E-state index contributed by atoms with van der Waals surface area (Å²) in [7, 11) is -5.71. The number of Topliss-reactive ketones (excluding diaryl/α,β-unsaturated/α-hetero) is 1.